The van der Waals surface area contributed by atoms with Crippen LogP contribution < -0.4 is 9.47 Å². The van der Waals surface area contributed by atoms with Gasteiger partial charge in [-0.2, -0.15) is 0 Å². The average molecular weight is 370 g/mol. The molecule has 2 aliphatic rings. The van der Waals surface area contributed by atoms with Crippen molar-refractivity contribution in [2.24, 2.45) is 0 Å². The Kier molecular flexibility index (Phi) is 3.64. The minimum atomic E-state index is 0.0573. The van der Waals surface area contributed by atoms with Crippen molar-refractivity contribution in [3.63, 3.8) is 0 Å². The van der Waals surface area contributed by atoms with Gasteiger partial charge in [0.1, 0.15) is 16.2 Å². The molecule has 0 amide bonds. The second-order valence-electron chi connectivity index (χ2n) is 6.00. The number of rotatable bonds is 4. The lowest BCUT2D eigenvalue weighted by molar-refractivity contribution is 0.102. The number of fused-ring (bicyclic) bond motifs is 4. The lowest BCUT2D eigenvalue weighted by Gasteiger charge is -2.05. The molecule has 0 N–H and O–H groups in total. The van der Waals surface area contributed by atoms with Gasteiger partial charge in [-0.25, -0.2) is 9.97 Å². The van der Waals surface area contributed by atoms with Crippen LogP contribution in [0.5, 0.6) is 11.5 Å². The second-order valence-corrected chi connectivity index (χ2v) is 8.04. The van der Waals surface area contributed by atoms with E-state index >= 15 is 0 Å². The number of thioether (sulfide) groups is 1. The molecular weight excluding hydrogens is 356 g/mol. The van der Waals surface area contributed by atoms with Crippen LogP contribution in [-0.2, 0) is 12.8 Å². The van der Waals surface area contributed by atoms with E-state index in [1.807, 2.05) is 0 Å². The quantitative estimate of drug-likeness (QED) is 0.395. The number of carbonyl (C=O) groups excluding carboxylic acids is 1. The molecule has 1 aliphatic carbocycles. The van der Waals surface area contributed by atoms with Crippen molar-refractivity contribution in [3.05, 3.63) is 40.5 Å². The molecule has 0 spiro atoms. The molecular formula is C18H14N2O3S2. The van der Waals surface area contributed by atoms with E-state index in [2.05, 4.69) is 9.97 Å². The van der Waals surface area contributed by atoms with Crippen LogP contribution in [0.2, 0.25) is 0 Å². The standard InChI is InChI=1S/C18H14N2O3S2/c21-12(10-4-5-13-14(6-10)23-9-22-13)7-24-17-16-11-2-1-3-15(11)25-18(16)20-8-19-17/h4-6,8H,1-3,7,9H2. The lowest BCUT2D eigenvalue weighted by atomic mass is 10.1. The molecule has 1 aliphatic heterocycles. The molecule has 0 radical (unpaired) electrons. The first kappa shape index (κ1) is 15.2. The van der Waals surface area contributed by atoms with E-state index < -0.39 is 0 Å². The summed E-state index contributed by atoms with van der Waals surface area (Å²) in [5.74, 6) is 1.73. The molecule has 126 valence electrons. The number of hydrogen-bond acceptors (Lipinski definition) is 7. The van der Waals surface area contributed by atoms with Gasteiger partial charge in [0.25, 0.3) is 0 Å². The molecule has 5 nitrogen and oxygen atoms in total. The molecule has 2 aromatic heterocycles. The van der Waals surface area contributed by atoms with E-state index in [9.17, 15) is 4.79 Å². The Morgan fingerprint density at radius 3 is 3.08 bits per heavy atom. The van der Waals surface area contributed by atoms with Crippen molar-refractivity contribution in [2.45, 2.75) is 24.3 Å². The molecule has 0 saturated carbocycles. The smallest absolute Gasteiger partial charge is 0.231 e. The summed E-state index contributed by atoms with van der Waals surface area (Å²) in [4.78, 5) is 23.9. The fraction of sp³-hybridized carbons (Fsp3) is 0.278. The van der Waals surface area contributed by atoms with Crippen molar-refractivity contribution in [3.8, 4) is 11.5 Å². The van der Waals surface area contributed by atoms with Crippen molar-refractivity contribution < 1.29 is 14.3 Å². The van der Waals surface area contributed by atoms with Gasteiger partial charge in [0.15, 0.2) is 17.3 Å². The van der Waals surface area contributed by atoms with Crippen LogP contribution in [0.3, 0.4) is 0 Å². The highest BCUT2D eigenvalue weighted by molar-refractivity contribution is 8.00. The highest BCUT2D eigenvalue weighted by Gasteiger charge is 2.22. The number of aryl methyl sites for hydroxylation is 2. The molecule has 0 saturated heterocycles. The Bertz CT molecular complexity index is 999. The number of ether oxygens (including phenoxy) is 2. The molecule has 3 heterocycles. The van der Waals surface area contributed by atoms with Gasteiger partial charge in [-0.05, 0) is 43.0 Å². The first-order chi connectivity index (χ1) is 12.3. The average Bonchev–Trinajstić information content (AvgIpc) is 3.33. The van der Waals surface area contributed by atoms with Crippen molar-refractivity contribution in [1.29, 1.82) is 0 Å². The number of carbonyl (C=O) groups is 1. The highest BCUT2D eigenvalue weighted by Crippen LogP contribution is 2.40. The van der Waals surface area contributed by atoms with Gasteiger partial charge in [0.05, 0.1) is 5.75 Å². The monoisotopic (exact) mass is 370 g/mol. The number of ketones is 1. The first-order valence-corrected chi connectivity index (χ1v) is 9.91. The zero-order valence-electron chi connectivity index (χ0n) is 13.3. The Morgan fingerprint density at radius 1 is 1.20 bits per heavy atom. The van der Waals surface area contributed by atoms with Gasteiger partial charge >= 0.3 is 0 Å². The van der Waals surface area contributed by atoms with Crippen LogP contribution in [-0.4, -0.2) is 28.3 Å². The van der Waals surface area contributed by atoms with Crippen LogP contribution >= 0.6 is 23.1 Å². The van der Waals surface area contributed by atoms with Gasteiger partial charge in [-0.1, -0.05) is 11.8 Å². The third kappa shape index (κ3) is 2.58. The van der Waals surface area contributed by atoms with E-state index in [4.69, 9.17) is 9.47 Å². The Labute approximate surface area is 152 Å². The fourth-order valence-corrected chi connectivity index (χ4v) is 5.51. The summed E-state index contributed by atoms with van der Waals surface area (Å²) >= 11 is 3.26. The molecule has 5 rings (SSSR count). The highest BCUT2D eigenvalue weighted by atomic mass is 32.2. The zero-order chi connectivity index (χ0) is 16.8. The number of thiophene rings is 1. The van der Waals surface area contributed by atoms with Crippen molar-refractivity contribution >= 4 is 39.1 Å². The number of nitrogens with zero attached hydrogens (tertiary/aromatic N) is 2. The van der Waals surface area contributed by atoms with Crippen LogP contribution in [0.1, 0.15) is 27.2 Å². The summed E-state index contributed by atoms with van der Waals surface area (Å²) in [6.07, 6.45) is 5.02. The normalized spacial score (nSPS) is 14.9. The predicted octanol–water partition coefficient (Wildman–Crippen LogP) is 3.88. The van der Waals surface area contributed by atoms with Gasteiger partial charge < -0.3 is 9.47 Å². The van der Waals surface area contributed by atoms with Gasteiger partial charge in [-0.15, -0.1) is 11.3 Å². The predicted molar refractivity (Wildman–Crippen MR) is 97.1 cm³/mol. The van der Waals surface area contributed by atoms with E-state index in [1.165, 1.54) is 28.6 Å². The molecule has 0 unspecified atom stereocenters. The maximum absolute atomic E-state index is 12.6. The van der Waals surface area contributed by atoms with Crippen LogP contribution in [0.15, 0.2) is 29.6 Å². The maximum Gasteiger partial charge on any atom is 0.231 e. The SMILES string of the molecule is O=C(CSc1ncnc2sc3c(c12)CCC3)c1ccc2c(c1)OCO2. The molecule has 25 heavy (non-hydrogen) atoms. The molecule has 0 atom stereocenters. The number of benzene rings is 1. The Balaban J connectivity index is 1.39. The molecule has 7 heteroatoms. The minimum absolute atomic E-state index is 0.0573. The Morgan fingerprint density at radius 2 is 2.12 bits per heavy atom. The maximum atomic E-state index is 12.6. The summed E-state index contributed by atoms with van der Waals surface area (Å²) in [5, 5.41) is 2.07. The third-order valence-corrected chi connectivity index (χ3v) is 6.69. The van der Waals surface area contributed by atoms with Crippen molar-refractivity contribution in [2.75, 3.05) is 12.5 Å². The molecule has 3 aromatic rings. The molecule has 0 fully saturated rings. The Hall–Kier alpha value is -2.12. The minimum Gasteiger partial charge on any atom is -0.454 e. The third-order valence-electron chi connectivity index (χ3n) is 4.50. The molecule has 0 bridgehead atoms. The van der Waals surface area contributed by atoms with Crippen LogP contribution in [0.4, 0.5) is 0 Å². The molecule has 1 aromatic carbocycles. The first-order valence-electron chi connectivity index (χ1n) is 8.10. The second kappa shape index (κ2) is 6.00. The number of Topliss-reactive ketones (excluding diaryl/α,β-unsaturated/α-hetero) is 1. The summed E-state index contributed by atoms with van der Waals surface area (Å²) in [7, 11) is 0. The summed E-state index contributed by atoms with van der Waals surface area (Å²) in [5.41, 5.74) is 2.02. The van der Waals surface area contributed by atoms with Crippen LogP contribution in [0.25, 0.3) is 10.2 Å². The van der Waals surface area contributed by atoms with E-state index in [0.717, 1.165) is 28.1 Å². The fourth-order valence-electron chi connectivity index (χ4n) is 3.30. The van der Waals surface area contributed by atoms with Gasteiger partial charge in [0, 0.05) is 15.8 Å². The lowest BCUT2D eigenvalue weighted by Crippen LogP contribution is -2.03. The summed E-state index contributed by atoms with van der Waals surface area (Å²) in [6.45, 7) is 0.212. The van der Waals surface area contributed by atoms with E-state index in [1.54, 1.807) is 35.9 Å². The number of aromatic nitrogens is 2. The van der Waals surface area contributed by atoms with Gasteiger partial charge in [-0.3, -0.25) is 4.79 Å². The zero-order valence-corrected chi connectivity index (χ0v) is 14.9. The van der Waals surface area contributed by atoms with Crippen LogP contribution in [0, 0.1) is 0 Å². The van der Waals surface area contributed by atoms with Gasteiger partial charge in [0.2, 0.25) is 6.79 Å². The number of hydrogen-bond donors (Lipinski definition) is 0. The summed E-state index contributed by atoms with van der Waals surface area (Å²) in [6, 6.07) is 5.33. The van der Waals surface area contributed by atoms with E-state index in [-0.39, 0.29) is 12.6 Å². The van der Waals surface area contributed by atoms with E-state index in [0.29, 0.717) is 22.8 Å². The topological polar surface area (TPSA) is 61.3 Å². The summed E-state index contributed by atoms with van der Waals surface area (Å²) < 4.78 is 10.6. The largest absolute Gasteiger partial charge is 0.454 e. The van der Waals surface area contributed by atoms with Crippen molar-refractivity contribution in [1.82, 2.24) is 9.97 Å².